The minimum atomic E-state index is 0.901. The van der Waals surface area contributed by atoms with Gasteiger partial charge in [0.1, 0.15) is 5.82 Å². The van der Waals surface area contributed by atoms with Gasteiger partial charge in [0, 0.05) is 11.1 Å². The molecule has 1 aromatic heterocycles. The molecule has 0 saturated heterocycles. The molecule has 0 radical (unpaired) electrons. The van der Waals surface area contributed by atoms with E-state index in [2.05, 4.69) is 62.5 Å². The number of nitrogens with zero attached hydrogens (tertiary/aromatic N) is 1. The van der Waals surface area contributed by atoms with Crippen LogP contribution in [0.4, 0.5) is 11.5 Å². The van der Waals surface area contributed by atoms with Gasteiger partial charge in [0.15, 0.2) is 0 Å². The Morgan fingerprint density at radius 2 is 1.55 bits per heavy atom. The number of rotatable bonds is 2. The fourth-order valence-electron chi connectivity index (χ4n) is 2.48. The molecule has 100 valence electrons. The Kier molecular flexibility index (Phi) is 3.15. The van der Waals surface area contributed by atoms with Crippen molar-refractivity contribution < 1.29 is 0 Å². The van der Waals surface area contributed by atoms with Crippen LogP contribution >= 0.6 is 0 Å². The van der Waals surface area contributed by atoms with Crippen LogP contribution in [0.25, 0.3) is 10.9 Å². The van der Waals surface area contributed by atoms with E-state index in [1.54, 1.807) is 0 Å². The lowest BCUT2D eigenvalue weighted by Crippen LogP contribution is -1.97. The highest BCUT2D eigenvalue weighted by molar-refractivity contribution is 5.86. The second-order valence-electron chi connectivity index (χ2n) is 5.24. The molecule has 2 heteroatoms. The normalized spacial score (nSPS) is 10.8. The minimum Gasteiger partial charge on any atom is -0.340 e. The van der Waals surface area contributed by atoms with Gasteiger partial charge >= 0.3 is 0 Å². The van der Waals surface area contributed by atoms with Crippen LogP contribution in [0.2, 0.25) is 0 Å². The van der Waals surface area contributed by atoms with Crippen molar-refractivity contribution in [2.45, 2.75) is 20.8 Å². The predicted octanol–water partition coefficient (Wildman–Crippen LogP) is 4.90. The number of hydrogen-bond donors (Lipinski definition) is 1. The molecule has 0 bridgehead atoms. The highest BCUT2D eigenvalue weighted by Crippen LogP contribution is 2.25. The Bertz CT molecular complexity index is 775. The fraction of sp³-hybridized carbons (Fsp3) is 0.167. The number of hydrogen-bond acceptors (Lipinski definition) is 2. The van der Waals surface area contributed by atoms with Crippen molar-refractivity contribution in [3.05, 3.63) is 65.2 Å². The van der Waals surface area contributed by atoms with Crippen molar-refractivity contribution in [1.82, 2.24) is 4.98 Å². The Balaban J connectivity index is 2.09. The molecular weight excluding hydrogens is 244 g/mol. The molecule has 0 saturated carbocycles. The van der Waals surface area contributed by atoms with Gasteiger partial charge in [0.2, 0.25) is 0 Å². The molecule has 3 rings (SSSR count). The van der Waals surface area contributed by atoms with E-state index in [1.807, 2.05) is 12.1 Å². The Hall–Kier alpha value is -2.35. The van der Waals surface area contributed by atoms with Crippen LogP contribution in [0.1, 0.15) is 16.7 Å². The molecule has 0 fully saturated rings. The van der Waals surface area contributed by atoms with Crippen molar-refractivity contribution in [2.24, 2.45) is 0 Å². The molecule has 2 nitrogen and oxygen atoms in total. The first kappa shape index (κ1) is 12.7. The van der Waals surface area contributed by atoms with Crippen LogP contribution in [0.5, 0.6) is 0 Å². The van der Waals surface area contributed by atoms with Crippen LogP contribution in [-0.2, 0) is 0 Å². The van der Waals surface area contributed by atoms with E-state index in [0.29, 0.717) is 0 Å². The second kappa shape index (κ2) is 4.97. The SMILES string of the molecule is Cc1ccccc1Nc1cc(C)c2cccc(C)c2n1. The van der Waals surface area contributed by atoms with E-state index in [1.165, 1.54) is 22.1 Å². The lowest BCUT2D eigenvalue weighted by Gasteiger charge is -2.12. The van der Waals surface area contributed by atoms with Crippen LogP contribution in [-0.4, -0.2) is 4.98 Å². The topological polar surface area (TPSA) is 24.9 Å². The molecule has 0 aliphatic rings. The Morgan fingerprint density at radius 3 is 2.35 bits per heavy atom. The molecule has 0 atom stereocenters. The number of para-hydroxylation sites is 2. The number of fused-ring (bicyclic) bond motifs is 1. The fourth-order valence-corrected chi connectivity index (χ4v) is 2.48. The number of pyridine rings is 1. The van der Waals surface area contributed by atoms with Crippen LogP contribution < -0.4 is 5.32 Å². The first-order valence-corrected chi connectivity index (χ1v) is 6.85. The zero-order chi connectivity index (χ0) is 14.1. The monoisotopic (exact) mass is 262 g/mol. The average Bonchev–Trinajstić information content (AvgIpc) is 2.43. The summed E-state index contributed by atoms with van der Waals surface area (Å²) in [5, 5.41) is 4.64. The third-order valence-electron chi connectivity index (χ3n) is 3.66. The van der Waals surface area contributed by atoms with E-state index < -0.39 is 0 Å². The van der Waals surface area contributed by atoms with Gasteiger partial charge in [0.25, 0.3) is 0 Å². The van der Waals surface area contributed by atoms with Gasteiger partial charge in [-0.15, -0.1) is 0 Å². The molecule has 0 spiro atoms. The number of aromatic nitrogens is 1. The van der Waals surface area contributed by atoms with E-state index in [4.69, 9.17) is 4.98 Å². The minimum absolute atomic E-state index is 0.901. The molecule has 0 aliphatic carbocycles. The largest absolute Gasteiger partial charge is 0.340 e. The van der Waals surface area contributed by atoms with Gasteiger partial charge in [0.05, 0.1) is 5.52 Å². The highest BCUT2D eigenvalue weighted by Gasteiger charge is 2.06. The summed E-state index contributed by atoms with van der Waals surface area (Å²) in [6.45, 7) is 6.33. The predicted molar refractivity (Wildman–Crippen MR) is 85.7 cm³/mol. The van der Waals surface area contributed by atoms with Crippen molar-refractivity contribution >= 4 is 22.4 Å². The van der Waals surface area contributed by atoms with Gasteiger partial charge in [-0.2, -0.15) is 0 Å². The molecule has 1 N–H and O–H groups in total. The first-order valence-electron chi connectivity index (χ1n) is 6.85. The summed E-state index contributed by atoms with van der Waals surface area (Å²) < 4.78 is 0. The molecule has 20 heavy (non-hydrogen) atoms. The van der Waals surface area contributed by atoms with E-state index in [0.717, 1.165) is 17.0 Å². The van der Waals surface area contributed by atoms with Crippen molar-refractivity contribution in [3.8, 4) is 0 Å². The maximum atomic E-state index is 4.76. The summed E-state index contributed by atoms with van der Waals surface area (Å²) in [4.78, 5) is 4.76. The van der Waals surface area contributed by atoms with Crippen LogP contribution in [0.3, 0.4) is 0 Å². The Morgan fingerprint density at radius 1 is 0.800 bits per heavy atom. The van der Waals surface area contributed by atoms with Gasteiger partial charge in [-0.25, -0.2) is 4.98 Å². The number of aryl methyl sites for hydroxylation is 3. The van der Waals surface area contributed by atoms with Crippen molar-refractivity contribution in [2.75, 3.05) is 5.32 Å². The van der Waals surface area contributed by atoms with Gasteiger partial charge in [-0.1, -0.05) is 36.4 Å². The summed E-state index contributed by atoms with van der Waals surface area (Å²) in [5.41, 5.74) is 5.85. The van der Waals surface area contributed by atoms with E-state index >= 15 is 0 Å². The number of anilines is 2. The maximum Gasteiger partial charge on any atom is 0.131 e. The van der Waals surface area contributed by atoms with Gasteiger partial charge in [-0.3, -0.25) is 0 Å². The summed E-state index contributed by atoms with van der Waals surface area (Å²) in [5.74, 6) is 0.901. The number of nitrogens with one attached hydrogen (secondary N) is 1. The van der Waals surface area contributed by atoms with Gasteiger partial charge < -0.3 is 5.32 Å². The second-order valence-corrected chi connectivity index (χ2v) is 5.24. The smallest absolute Gasteiger partial charge is 0.131 e. The zero-order valence-corrected chi connectivity index (χ0v) is 12.1. The maximum absolute atomic E-state index is 4.76. The lowest BCUT2D eigenvalue weighted by molar-refractivity contribution is 1.31. The summed E-state index contributed by atoms with van der Waals surface area (Å²) in [6, 6.07) is 16.7. The average molecular weight is 262 g/mol. The summed E-state index contributed by atoms with van der Waals surface area (Å²) >= 11 is 0. The van der Waals surface area contributed by atoms with E-state index in [-0.39, 0.29) is 0 Å². The molecular formula is C18H18N2. The molecule has 2 aromatic carbocycles. The van der Waals surface area contributed by atoms with Crippen LogP contribution in [0.15, 0.2) is 48.5 Å². The lowest BCUT2D eigenvalue weighted by atomic mass is 10.1. The zero-order valence-electron chi connectivity index (χ0n) is 12.1. The molecule has 0 amide bonds. The van der Waals surface area contributed by atoms with Crippen molar-refractivity contribution in [3.63, 3.8) is 0 Å². The van der Waals surface area contributed by atoms with Crippen molar-refractivity contribution in [1.29, 1.82) is 0 Å². The number of benzene rings is 2. The quantitative estimate of drug-likeness (QED) is 0.710. The molecule has 3 aromatic rings. The molecule has 1 heterocycles. The molecule has 0 unspecified atom stereocenters. The van der Waals surface area contributed by atoms with Crippen LogP contribution in [0, 0.1) is 20.8 Å². The first-order chi connectivity index (χ1) is 9.65. The summed E-state index contributed by atoms with van der Waals surface area (Å²) in [6.07, 6.45) is 0. The highest BCUT2D eigenvalue weighted by atomic mass is 15.0. The third kappa shape index (κ3) is 2.25. The van der Waals surface area contributed by atoms with E-state index in [9.17, 15) is 0 Å². The summed E-state index contributed by atoms with van der Waals surface area (Å²) in [7, 11) is 0. The van der Waals surface area contributed by atoms with Gasteiger partial charge in [-0.05, 0) is 49.6 Å². The Labute approximate surface area is 119 Å². The molecule has 0 aliphatic heterocycles. The third-order valence-corrected chi connectivity index (χ3v) is 3.66. The standard InChI is InChI=1S/C18H18N2/c1-12-7-4-5-10-16(12)19-17-11-14(3)15-9-6-8-13(2)18(15)20-17/h4-11H,1-3H3,(H,19,20).